The molecule has 0 amide bonds. The Labute approximate surface area is 128 Å². The van der Waals surface area contributed by atoms with Gasteiger partial charge in [-0.05, 0) is 41.5 Å². The van der Waals surface area contributed by atoms with Gasteiger partial charge in [-0.25, -0.2) is 0 Å². The first-order valence-corrected chi connectivity index (χ1v) is 9.41. The zero-order chi connectivity index (χ0) is 15.1. The van der Waals surface area contributed by atoms with Crippen LogP contribution in [0.1, 0.15) is 41.5 Å². The molecule has 0 saturated carbocycles. The number of hydrogen-bond donors (Lipinski definition) is 0. The Morgan fingerprint density at radius 3 is 1.47 bits per heavy atom. The number of allylic oxidation sites excluding steroid dienone is 2. The largest absolute Gasteiger partial charge is 0.534 e. The molecule has 0 radical (unpaired) electrons. The van der Waals surface area contributed by atoms with Crippen LogP contribution >= 0.6 is 23.2 Å². The highest BCUT2D eigenvalue weighted by Crippen LogP contribution is 2.26. The van der Waals surface area contributed by atoms with Gasteiger partial charge in [-0.15, -0.1) is 23.2 Å². The Bertz CT molecular complexity index is 255. The van der Waals surface area contributed by atoms with Crippen molar-refractivity contribution in [2.45, 2.75) is 59.9 Å². The SMILES string of the molecule is CC(C)O[Si](OC(C)C)(OC(C)C)C(=CCCl)CCl. The van der Waals surface area contributed by atoms with Gasteiger partial charge in [0.1, 0.15) is 0 Å². The van der Waals surface area contributed by atoms with Crippen molar-refractivity contribution < 1.29 is 13.3 Å². The summed E-state index contributed by atoms with van der Waals surface area (Å²) in [5.74, 6) is 0.659. The van der Waals surface area contributed by atoms with Gasteiger partial charge >= 0.3 is 8.80 Å². The Morgan fingerprint density at radius 2 is 1.26 bits per heavy atom. The quantitative estimate of drug-likeness (QED) is 0.470. The molecule has 6 heteroatoms. The third kappa shape index (κ3) is 7.11. The van der Waals surface area contributed by atoms with Crippen molar-refractivity contribution in [3.63, 3.8) is 0 Å². The molecular weight excluding hydrogens is 303 g/mol. The van der Waals surface area contributed by atoms with Crippen LogP contribution < -0.4 is 0 Å². The van der Waals surface area contributed by atoms with Gasteiger partial charge in [0.15, 0.2) is 0 Å². The van der Waals surface area contributed by atoms with E-state index in [0.29, 0.717) is 11.8 Å². The smallest absolute Gasteiger partial charge is 0.368 e. The third-order valence-corrected chi connectivity index (χ3v) is 6.21. The molecule has 19 heavy (non-hydrogen) atoms. The summed E-state index contributed by atoms with van der Waals surface area (Å²) in [6.07, 6.45) is 1.82. The first-order valence-electron chi connectivity index (χ1n) is 6.62. The van der Waals surface area contributed by atoms with E-state index in [1.165, 1.54) is 0 Å². The molecule has 0 atom stereocenters. The van der Waals surface area contributed by atoms with Crippen molar-refractivity contribution in [1.82, 2.24) is 0 Å². The maximum Gasteiger partial charge on any atom is 0.534 e. The molecule has 0 aliphatic heterocycles. The van der Waals surface area contributed by atoms with Gasteiger partial charge in [-0.1, -0.05) is 6.08 Å². The number of alkyl halides is 2. The summed E-state index contributed by atoms with van der Waals surface area (Å²) in [7, 11) is -2.99. The van der Waals surface area contributed by atoms with Crippen LogP contribution in [0.2, 0.25) is 0 Å². The van der Waals surface area contributed by atoms with Crippen molar-refractivity contribution in [3.05, 3.63) is 11.3 Å². The fourth-order valence-electron chi connectivity index (χ4n) is 1.60. The van der Waals surface area contributed by atoms with Crippen LogP contribution in [0.3, 0.4) is 0 Å². The molecule has 3 nitrogen and oxygen atoms in total. The molecule has 0 N–H and O–H groups in total. The van der Waals surface area contributed by atoms with Crippen LogP contribution in [0.5, 0.6) is 0 Å². The molecule has 0 rings (SSSR count). The predicted octanol–water partition coefficient (Wildman–Crippen LogP) is 4.14. The van der Waals surface area contributed by atoms with Crippen molar-refractivity contribution in [2.24, 2.45) is 0 Å². The van der Waals surface area contributed by atoms with Gasteiger partial charge in [-0.3, -0.25) is 0 Å². The number of halogens is 2. The standard InChI is InChI=1S/C13H26Cl2O3Si/c1-10(2)16-19(17-11(3)4,18-12(5)6)13(9-15)7-8-14/h7,10-12H,8-9H2,1-6H3. The number of hydrogen-bond acceptors (Lipinski definition) is 3. The van der Waals surface area contributed by atoms with Crippen LogP contribution in [0.4, 0.5) is 0 Å². The summed E-state index contributed by atoms with van der Waals surface area (Å²) in [6, 6.07) is 0. The molecule has 0 spiro atoms. The van der Waals surface area contributed by atoms with Gasteiger partial charge in [-0.2, -0.15) is 0 Å². The van der Waals surface area contributed by atoms with Crippen LogP contribution in [0, 0.1) is 0 Å². The summed E-state index contributed by atoms with van der Waals surface area (Å²) >= 11 is 11.9. The van der Waals surface area contributed by atoms with E-state index in [-0.39, 0.29) is 18.3 Å². The molecular formula is C13H26Cl2O3Si. The summed E-state index contributed by atoms with van der Waals surface area (Å²) in [5.41, 5.74) is 0. The predicted molar refractivity (Wildman–Crippen MR) is 83.9 cm³/mol. The van der Waals surface area contributed by atoms with E-state index in [1.54, 1.807) is 0 Å². The molecule has 0 aliphatic rings. The van der Waals surface area contributed by atoms with Gasteiger partial charge in [0, 0.05) is 35.3 Å². The van der Waals surface area contributed by atoms with Crippen molar-refractivity contribution in [1.29, 1.82) is 0 Å². The maximum atomic E-state index is 6.05. The van der Waals surface area contributed by atoms with Gasteiger partial charge in [0.25, 0.3) is 0 Å². The lowest BCUT2D eigenvalue weighted by molar-refractivity contribution is 0.0111. The lowest BCUT2D eigenvalue weighted by Crippen LogP contribution is -2.53. The Hall–Kier alpha value is 0.417. The molecule has 0 heterocycles. The first-order chi connectivity index (χ1) is 8.77. The molecule has 0 bridgehead atoms. The molecule has 0 aliphatic carbocycles. The average molecular weight is 329 g/mol. The van der Waals surface area contributed by atoms with E-state index in [9.17, 15) is 0 Å². The maximum absolute atomic E-state index is 6.05. The molecule has 0 aromatic carbocycles. The minimum Gasteiger partial charge on any atom is -0.368 e. The van der Waals surface area contributed by atoms with E-state index in [0.717, 1.165) is 5.20 Å². The van der Waals surface area contributed by atoms with Crippen LogP contribution in [0.25, 0.3) is 0 Å². The fourth-order valence-corrected chi connectivity index (χ4v) is 5.51. The molecule has 0 unspecified atom stereocenters. The summed E-state index contributed by atoms with van der Waals surface area (Å²) in [5, 5.41) is 0.834. The summed E-state index contributed by atoms with van der Waals surface area (Å²) in [6.45, 7) is 11.8. The number of rotatable bonds is 9. The average Bonchev–Trinajstić information content (AvgIpc) is 2.22. The van der Waals surface area contributed by atoms with E-state index in [1.807, 2.05) is 47.6 Å². The van der Waals surface area contributed by atoms with E-state index in [4.69, 9.17) is 36.5 Å². The second-order valence-corrected chi connectivity index (χ2v) is 8.11. The minimum atomic E-state index is -2.99. The zero-order valence-corrected chi connectivity index (χ0v) is 15.2. The molecule has 0 aromatic heterocycles. The molecule has 0 aromatic rings. The third-order valence-electron chi connectivity index (χ3n) is 2.03. The summed E-state index contributed by atoms with van der Waals surface area (Å²) in [4.78, 5) is 0. The Kier molecular flexibility index (Phi) is 9.58. The monoisotopic (exact) mass is 328 g/mol. The highest BCUT2D eigenvalue weighted by Gasteiger charge is 2.48. The van der Waals surface area contributed by atoms with E-state index >= 15 is 0 Å². The Balaban J connectivity index is 5.49. The normalized spacial score (nSPS) is 13.9. The molecule has 0 fully saturated rings. The second kappa shape index (κ2) is 9.37. The zero-order valence-electron chi connectivity index (χ0n) is 12.7. The van der Waals surface area contributed by atoms with Crippen molar-refractivity contribution >= 4 is 32.0 Å². The van der Waals surface area contributed by atoms with Crippen molar-refractivity contribution in [2.75, 3.05) is 11.8 Å². The lowest BCUT2D eigenvalue weighted by atomic mass is 10.5. The second-order valence-electron chi connectivity index (χ2n) is 5.07. The van der Waals surface area contributed by atoms with E-state index < -0.39 is 8.80 Å². The van der Waals surface area contributed by atoms with E-state index in [2.05, 4.69) is 0 Å². The van der Waals surface area contributed by atoms with Gasteiger partial charge in [0.05, 0.1) is 0 Å². The molecule has 114 valence electrons. The summed E-state index contributed by atoms with van der Waals surface area (Å²) < 4.78 is 18.1. The minimum absolute atomic E-state index is 0.00823. The highest BCUT2D eigenvalue weighted by atomic mass is 35.5. The van der Waals surface area contributed by atoms with Crippen LogP contribution in [-0.4, -0.2) is 38.9 Å². The highest BCUT2D eigenvalue weighted by molar-refractivity contribution is 6.70. The topological polar surface area (TPSA) is 27.7 Å². The van der Waals surface area contributed by atoms with Gasteiger partial charge in [0.2, 0.25) is 0 Å². The van der Waals surface area contributed by atoms with Crippen molar-refractivity contribution in [3.8, 4) is 0 Å². The lowest BCUT2D eigenvalue weighted by Gasteiger charge is -2.35. The fraction of sp³-hybridized carbons (Fsp3) is 0.846. The van der Waals surface area contributed by atoms with Crippen LogP contribution in [-0.2, 0) is 13.3 Å². The van der Waals surface area contributed by atoms with Crippen LogP contribution in [0.15, 0.2) is 11.3 Å². The molecule has 0 saturated heterocycles. The first kappa shape index (κ1) is 19.4. The van der Waals surface area contributed by atoms with Gasteiger partial charge < -0.3 is 13.3 Å². The Morgan fingerprint density at radius 1 is 0.895 bits per heavy atom.